The summed E-state index contributed by atoms with van der Waals surface area (Å²) in [5, 5.41) is 0. The first kappa shape index (κ1) is 8.76. The van der Waals surface area contributed by atoms with Gasteiger partial charge in [0, 0.05) is 5.54 Å². The fourth-order valence-electron chi connectivity index (χ4n) is 1.98. The number of rotatable bonds is 2. The molecule has 1 aromatic carbocycles. The highest BCUT2D eigenvalue weighted by atomic mass is 15.2. The Hall–Kier alpha value is -0.820. The lowest BCUT2D eigenvalue weighted by molar-refractivity contribution is 0.275. The van der Waals surface area contributed by atoms with Gasteiger partial charge in [-0.05, 0) is 39.4 Å². The molecule has 70 valence electrons. The summed E-state index contributed by atoms with van der Waals surface area (Å²) in [4.78, 5) is 2.34. The van der Waals surface area contributed by atoms with E-state index in [0.717, 1.165) is 0 Å². The highest BCUT2D eigenvalue weighted by Crippen LogP contribution is 2.49. The average molecular weight is 175 g/mol. The number of aryl methyl sites for hydroxylation is 1. The molecule has 1 heteroatoms. The van der Waals surface area contributed by atoms with Crippen molar-refractivity contribution in [3.8, 4) is 0 Å². The van der Waals surface area contributed by atoms with E-state index in [1.54, 1.807) is 0 Å². The zero-order chi connectivity index (χ0) is 9.47. The van der Waals surface area contributed by atoms with E-state index in [9.17, 15) is 0 Å². The first-order chi connectivity index (χ1) is 6.15. The van der Waals surface area contributed by atoms with Crippen LogP contribution in [0.1, 0.15) is 24.0 Å². The van der Waals surface area contributed by atoms with Crippen LogP contribution in [0.5, 0.6) is 0 Å². The molecule has 13 heavy (non-hydrogen) atoms. The Labute approximate surface area is 80.4 Å². The second kappa shape index (κ2) is 2.85. The van der Waals surface area contributed by atoms with Crippen LogP contribution >= 0.6 is 0 Å². The summed E-state index contributed by atoms with van der Waals surface area (Å²) in [6, 6.07) is 8.95. The van der Waals surface area contributed by atoms with Gasteiger partial charge in [0.25, 0.3) is 0 Å². The number of hydrogen-bond acceptors (Lipinski definition) is 1. The van der Waals surface area contributed by atoms with Crippen molar-refractivity contribution < 1.29 is 0 Å². The monoisotopic (exact) mass is 175 g/mol. The molecule has 0 amide bonds. The van der Waals surface area contributed by atoms with E-state index in [1.807, 2.05) is 0 Å². The van der Waals surface area contributed by atoms with Crippen molar-refractivity contribution in [2.24, 2.45) is 0 Å². The van der Waals surface area contributed by atoms with Crippen molar-refractivity contribution in [1.82, 2.24) is 4.90 Å². The van der Waals surface area contributed by atoms with Gasteiger partial charge in [-0.25, -0.2) is 0 Å². The third-order valence-electron chi connectivity index (χ3n) is 3.17. The smallest absolute Gasteiger partial charge is 0.0456 e. The molecular formula is C12H17N. The van der Waals surface area contributed by atoms with Crippen molar-refractivity contribution in [3.63, 3.8) is 0 Å². The quantitative estimate of drug-likeness (QED) is 0.667. The minimum absolute atomic E-state index is 0.369. The van der Waals surface area contributed by atoms with Crippen LogP contribution in [0.15, 0.2) is 24.3 Å². The molecule has 0 bridgehead atoms. The maximum absolute atomic E-state index is 2.34. The molecule has 1 fully saturated rings. The average Bonchev–Trinajstić information content (AvgIpc) is 2.86. The van der Waals surface area contributed by atoms with E-state index in [4.69, 9.17) is 0 Å². The normalized spacial score (nSPS) is 19.1. The molecule has 0 unspecified atom stereocenters. The fourth-order valence-corrected chi connectivity index (χ4v) is 1.98. The van der Waals surface area contributed by atoms with Gasteiger partial charge in [0.15, 0.2) is 0 Å². The van der Waals surface area contributed by atoms with Crippen LogP contribution in [0.3, 0.4) is 0 Å². The second-order valence-corrected chi connectivity index (χ2v) is 4.29. The minimum Gasteiger partial charge on any atom is -0.300 e. The summed E-state index contributed by atoms with van der Waals surface area (Å²) in [5.74, 6) is 0. The third kappa shape index (κ3) is 1.37. The molecule has 1 aromatic rings. The van der Waals surface area contributed by atoms with Gasteiger partial charge in [-0.2, -0.15) is 0 Å². The molecule has 1 aliphatic rings. The third-order valence-corrected chi connectivity index (χ3v) is 3.17. The van der Waals surface area contributed by atoms with Crippen LogP contribution in [0.25, 0.3) is 0 Å². The number of benzene rings is 1. The molecule has 0 aromatic heterocycles. The van der Waals surface area contributed by atoms with Gasteiger partial charge in [0.1, 0.15) is 0 Å². The van der Waals surface area contributed by atoms with Crippen LogP contribution in [0.2, 0.25) is 0 Å². The molecule has 0 atom stereocenters. The van der Waals surface area contributed by atoms with Gasteiger partial charge in [-0.15, -0.1) is 0 Å². The maximum atomic E-state index is 2.34. The van der Waals surface area contributed by atoms with Crippen molar-refractivity contribution in [1.29, 1.82) is 0 Å². The Kier molecular flexibility index (Phi) is 1.92. The Balaban J connectivity index is 2.31. The predicted octanol–water partition coefficient (Wildman–Crippen LogP) is 2.55. The summed E-state index contributed by atoms with van der Waals surface area (Å²) < 4.78 is 0. The standard InChI is InChI=1S/C12H17N/c1-10-4-6-11(7-5-10)12(8-9-12)13(2)3/h4-7H,8-9H2,1-3H3. The zero-order valence-corrected chi connectivity index (χ0v) is 8.67. The zero-order valence-electron chi connectivity index (χ0n) is 8.67. The van der Waals surface area contributed by atoms with Gasteiger partial charge in [-0.3, -0.25) is 4.90 Å². The molecule has 1 nitrogen and oxygen atoms in total. The van der Waals surface area contributed by atoms with E-state index < -0.39 is 0 Å². The topological polar surface area (TPSA) is 3.24 Å². The summed E-state index contributed by atoms with van der Waals surface area (Å²) in [6.45, 7) is 2.14. The molecule has 0 N–H and O–H groups in total. The van der Waals surface area contributed by atoms with E-state index >= 15 is 0 Å². The van der Waals surface area contributed by atoms with Gasteiger partial charge in [-0.1, -0.05) is 29.8 Å². The summed E-state index contributed by atoms with van der Waals surface area (Å²) in [5.41, 5.74) is 3.19. The van der Waals surface area contributed by atoms with Gasteiger partial charge in [0.2, 0.25) is 0 Å². The van der Waals surface area contributed by atoms with Crippen molar-refractivity contribution >= 4 is 0 Å². The summed E-state index contributed by atoms with van der Waals surface area (Å²) >= 11 is 0. The van der Waals surface area contributed by atoms with Crippen molar-refractivity contribution in [2.75, 3.05) is 14.1 Å². The predicted molar refractivity (Wildman–Crippen MR) is 55.8 cm³/mol. The molecule has 1 saturated carbocycles. The maximum Gasteiger partial charge on any atom is 0.0456 e. The van der Waals surface area contributed by atoms with Gasteiger partial charge < -0.3 is 0 Å². The number of hydrogen-bond donors (Lipinski definition) is 0. The Bertz CT molecular complexity index is 293. The lowest BCUT2D eigenvalue weighted by Crippen LogP contribution is -2.27. The van der Waals surface area contributed by atoms with Gasteiger partial charge >= 0.3 is 0 Å². The SMILES string of the molecule is Cc1ccc(C2(N(C)C)CC2)cc1. The Morgan fingerprint density at radius 3 is 2.00 bits per heavy atom. The van der Waals surface area contributed by atoms with Crippen molar-refractivity contribution in [2.45, 2.75) is 25.3 Å². The van der Waals surface area contributed by atoms with Crippen LogP contribution in [0.4, 0.5) is 0 Å². The molecule has 2 rings (SSSR count). The lowest BCUT2D eigenvalue weighted by Gasteiger charge is -2.24. The molecule has 0 radical (unpaired) electrons. The van der Waals surface area contributed by atoms with Crippen LogP contribution in [-0.4, -0.2) is 19.0 Å². The van der Waals surface area contributed by atoms with Gasteiger partial charge in [0.05, 0.1) is 0 Å². The van der Waals surface area contributed by atoms with Crippen LogP contribution < -0.4 is 0 Å². The molecular weight excluding hydrogens is 158 g/mol. The minimum atomic E-state index is 0.369. The summed E-state index contributed by atoms with van der Waals surface area (Å²) in [6.07, 6.45) is 2.62. The number of nitrogens with zero attached hydrogens (tertiary/aromatic N) is 1. The highest BCUT2D eigenvalue weighted by Gasteiger charge is 2.46. The van der Waals surface area contributed by atoms with E-state index in [2.05, 4.69) is 50.2 Å². The molecule has 0 aliphatic heterocycles. The van der Waals surface area contributed by atoms with Crippen LogP contribution in [-0.2, 0) is 5.54 Å². The molecule has 1 aliphatic carbocycles. The fraction of sp³-hybridized carbons (Fsp3) is 0.500. The highest BCUT2D eigenvalue weighted by molar-refractivity contribution is 5.32. The van der Waals surface area contributed by atoms with E-state index in [-0.39, 0.29) is 0 Å². The Morgan fingerprint density at radius 2 is 1.62 bits per heavy atom. The van der Waals surface area contributed by atoms with E-state index in [1.165, 1.54) is 24.0 Å². The van der Waals surface area contributed by atoms with E-state index in [0.29, 0.717) is 5.54 Å². The lowest BCUT2D eigenvalue weighted by atomic mass is 10.0. The first-order valence-corrected chi connectivity index (χ1v) is 4.90. The largest absolute Gasteiger partial charge is 0.300 e. The molecule has 0 spiro atoms. The molecule has 0 heterocycles. The molecule has 0 saturated heterocycles. The second-order valence-electron chi connectivity index (χ2n) is 4.29. The van der Waals surface area contributed by atoms with Crippen LogP contribution in [0, 0.1) is 6.92 Å². The summed E-state index contributed by atoms with van der Waals surface area (Å²) in [7, 11) is 4.35. The van der Waals surface area contributed by atoms with Crippen molar-refractivity contribution in [3.05, 3.63) is 35.4 Å². The Morgan fingerprint density at radius 1 is 1.08 bits per heavy atom. The first-order valence-electron chi connectivity index (χ1n) is 4.90.